The molecule has 25 heavy (non-hydrogen) atoms. The molecule has 0 N–H and O–H groups in total. The lowest BCUT2D eigenvalue weighted by atomic mass is 10.1. The van der Waals surface area contributed by atoms with E-state index >= 15 is 0 Å². The van der Waals surface area contributed by atoms with Crippen LogP contribution in [0.3, 0.4) is 0 Å². The van der Waals surface area contributed by atoms with Crippen LogP contribution in [0.4, 0.5) is 0 Å². The molecule has 7 heteroatoms. The highest BCUT2D eigenvalue weighted by molar-refractivity contribution is 5.77. The first-order valence-electron chi connectivity index (χ1n) is 9.08. The van der Waals surface area contributed by atoms with Gasteiger partial charge in [-0.05, 0) is 51.4 Å². The Kier molecular flexibility index (Phi) is 3.78. The molecule has 0 aromatic carbocycles. The monoisotopic (exact) mass is 342 g/mol. The van der Waals surface area contributed by atoms with E-state index in [2.05, 4.69) is 6.92 Å². The van der Waals surface area contributed by atoms with E-state index in [1.165, 1.54) is 10.8 Å². The number of hydrogen-bond donors (Lipinski definition) is 0. The molecule has 1 amide bonds. The maximum Gasteiger partial charge on any atom is 0.331 e. The minimum absolute atomic E-state index is 0.0477. The fourth-order valence-corrected chi connectivity index (χ4v) is 3.59. The summed E-state index contributed by atoms with van der Waals surface area (Å²) in [5, 5.41) is 9.20. The van der Waals surface area contributed by atoms with Crippen molar-refractivity contribution in [2.45, 2.75) is 70.1 Å². The number of carbonyl (C=O) groups excluding carboxylic acids is 1. The van der Waals surface area contributed by atoms with Gasteiger partial charge >= 0.3 is 5.69 Å². The second kappa shape index (κ2) is 5.87. The van der Waals surface area contributed by atoms with Crippen molar-refractivity contribution in [2.24, 2.45) is 5.92 Å². The van der Waals surface area contributed by atoms with Crippen molar-refractivity contribution in [1.82, 2.24) is 14.0 Å². The molecule has 0 saturated heterocycles. The minimum Gasteiger partial charge on any atom is -0.335 e. The normalized spacial score (nSPS) is 20.8. The largest absolute Gasteiger partial charge is 0.335 e. The topological polar surface area (TPSA) is 88.1 Å². The lowest BCUT2D eigenvalue weighted by Crippen LogP contribution is -2.48. The van der Waals surface area contributed by atoms with Gasteiger partial charge in [-0.15, -0.1) is 0 Å². The Balaban J connectivity index is 1.66. The summed E-state index contributed by atoms with van der Waals surface area (Å²) in [4.78, 5) is 39.9. The molecule has 3 aliphatic carbocycles. The van der Waals surface area contributed by atoms with Gasteiger partial charge in [0.25, 0.3) is 5.56 Å². The molecule has 3 saturated carbocycles. The molecule has 0 radical (unpaired) electrons. The predicted octanol–water partition coefficient (Wildman–Crippen LogP) is 1.01. The molecular formula is C18H22N4O3. The summed E-state index contributed by atoms with van der Waals surface area (Å²) in [7, 11) is 0. The Labute approximate surface area is 145 Å². The molecule has 0 unspecified atom stereocenters. The van der Waals surface area contributed by atoms with Crippen LogP contribution >= 0.6 is 0 Å². The molecule has 1 heterocycles. The fourth-order valence-electron chi connectivity index (χ4n) is 3.59. The van der Waals surface area contributed by atoms with Gasteiger partial charge in [-0.2, -0.15) is 5.26 Å². The molecule has 7 nitrogen and oxygen atoms in total. The lowest BCUT2D eigenvalue weighted by Gasteiger charge is -2.29. The minimum atomic E-state index is -0.660. The number of carbonyl (C=O) groups is 1. The van der Waals surface area contributed by atoms with Gasteiger partial charge in [0.2, 0.25) is 5.91 Å². The summed E-state index contributed by atoms with van der Waals surface area (Å²) < 4.78 is 2.40. The Morgan fingerprint density at radius 2 is 1.96 bits per heavy atom. The van der Waals surface area contributed by atoms with E-state index in [9.17, 15) is 19.6 Å². The van der Waals surface area contributed by atoms with E-state index < -0.39 is 11.2 Å². The van der Waals surface area contributed by atoms with Crippen LogP contribution in [0.5, 0.6) is 0 Å². The molecule has 3 fully saturated rings. The molecule has 132 valence electrons. The Morgan fingerprint density at radius 3 is 2.48 bits per heavy atom. The van der Waals surface area contributed by atoms with E-state index in [0.29, 0.717) is 5.92 Å². The van der Waals surface area contributed by atoms with Crippen molar-refractivity contribution in [3.05, 3.63) is 32.6 Å². The van der Waals surface area contributed by atoms with Crippen molar-refractivity contribution in [2.75, 3.05) is 0 Å². The van der Waals surface area contributed by atoms with Crippen molar-refractivity contribution < 1.29 is 4.79 Å². The number of amides is 1. The van der Waals surface area contributed by atoms with Gasteiger partial charge in [0.15, 0.2) is 0 Å². The maximum absolute atomic E-state index is 12.9. The zero-order valence-corrected chi connectivity index (χ0v) is 14.4. The maximum atomic E-state index is 12.9. The van der Waals surface area contributed by atoms with Gasteiger partial charge in [-0.25, -0.2) is 9.36 Å². The quantitative estimate of drug-likeness (QED) is 0.772. The number of rotatable bonds is 6. The molecule has 1 atom stereocenters. The third-order valence-electron chi connectivity index (χ3n) is 5.52. The zero-order valence-electron chi connectivity index (χ0n) is 14.4. The summed E-state index contributed by atoms with van der Waals surface area (Å²) in [5.74, 6) is 0.355. The molecule has 1 aromatic heterocycles. The van der Waals surface area contributed by atoms with Gasteiger partial charge in [0.1, 0.15) is 18.2 Å². The van der Waals surface area contributed by atoms with Crippen LogP contribution in [-0.4, -0.2) is 32.0 Å². The fraction of sp³-hybridized carbons (Fsp3) is 0.667. The molecule has 4 rings (SSSR count). The summed E-state index contributed by atoms with van der Waals surface area (Å²) in [6.07, 6.45) is 7.32. The second-order valence-corrected chi connectivity index (χ2v) is 7.58. The van der Waals surface area contributed by atoms with Crippen LogP contribution in [0.15, 0.2) is 15.8 Å². The van der Waals surface area contributed by atoms with Gasteiger partial charge in [-0.3, -0.25) is 14.2 Å². The van der Waals surface area contributed by atoms with Gasteiger partial charge in [-0.1, -0.05) is 0 Å². The average Bonchev–Trinajstić information content (AvgIpc) is 3.44. The number of nitriles is 1. The second-order valence-electron chi connectivity index (χ2n) is 7.58. The van der Waals surface area contributed by atoms with E-state index in [4.69, 9.17) is 0 Å². The lowest BCUT2D eigenvalue weighted by molar-refractivity contribution is -0.135. The van der Waals surface area contributed by atoms with E-state index in [1.54, 1.807) is 0 Å². The van der Waals surface area contributed by atoms with Crippen LogP contribution in [0, 0.1) is 17.2 Å². The summed E-state index contributed by atoms with van der Waals surface area (Å²) >= 11 is 0. The summed E-state index contributed by atoms with van der Waals surface area (Å²) in [5.41, 5.74) is -1.21. The third kappa shape index (κ3) is 3.01. The van der Waals surface area contributed by atoms with E-state index in [1.807, 2.05) is 11.0 Å². The molecule has 0 spiro atoms. The number of nitrogens with zero attached hydrogens (tertiary/aromatic N) is 4. The smallest absolute Gasteiger partial charge is 0.331 e. The number of aromatic nitrogens is 2. The van der Waals surface area contributed by atoms with Crippen LogP contribution in [-0.2, 0) is 11.3 Å². The van der Waals surface area contributed by atoms with Gasteiger partial charge < -0.3 is 4.90 Å². The van der Waals surface area contributed by atoms with Crippen molar-refractivity contribution >= 4 is 5.91 Å². The highest BCUT2D eigenvalue weighted by Crippen LogP contribution is 2.39. The van der Waals surface area contributed by atoms with E-state index in [0.717, 1.165) is 43.1 Å². The van der Waals surface area contributed by atoms with Crippen molar-refractivity contribution in [3.63, 3.8) is 0 Å². The first-order valence-corrected chi connectivity index (χ1v) is 9.08. The summed E-state index contributed by atoms with van der Waals surface area (Å²) in [6.45, 7) is 1.79. The Hall–Kier alpha value is -2.36. The van der Waals surface area contributed by atoms with Crippen molar-refractivity contribution in [3.8, 4) is 6.07 Å². The molecular weight excluding hydrogens is 320 g/mol. The standard InChI is InChI=1S/C18H22N4O3/c1-11(12-2-3-12)22(15-6-7-15)16(23)10-21-17(24)13(8-19)9-20(18(21)25)14-4-5-14/h9,11-12,14-15H,2-7,10H2,1H3/t11-/m0/s1. The van der Waals surface area contributed by atoms with E-state index in [-0.39, 0.29) is 36.1 Å². The SMILES string of the molecule is C[C@@H](C1CC1)N(C(=O)Cn1c(=O)c(C#N)cn(C2CC2)c1=O)C1CC1. The van der Waals surface area contributed by atoms with Gasteiger partial charge in [0.05, 0.1) is 0 Å². The molecule has 0 aliphatic heterocycles. The highest BCUT2D eigenvalue weighted by Gasteiger charge is 2.41. The average molecular weight is 342 g/mol. The zero-order chi connectivity index (χ0) is 17.7. The Bertz CT molecular complexity index is 866. The molecule has 3 aliphatic rings. The highest BCUT2D eigenvalue weighted by atomic mass is 16.2. The van der Waals surface area contributed by atoms with Gasteiger partial charge in [0, 0.05) is 24.3 Å². The van der Waals surface area contributed by atoms with Crippen LogP contribution in [0.1, 0.15) is 57.1 Å². The third-order valence-corrected chi connectivity index (χ3v) is 5.52. The predicted molar refractivity (Wildman–Crippen MR) is 90.0 cm³/mol. The number of hydrogen-bond acceptors (Lipinski definition) is 4. The first-order chi connectivity index (χ1) is 12.0. The molecule has 0 bridgehead atoms. The van der Waals surface area contributed by atoms with Crippen LogP contribution in [0.25, 0.3) is 0 Å². The first kappa shape index (κ1) is 16.1. The summed E-state index contributed by atoms with van der Waals surface area (Å²) in [6, 6.07) is 2.30. The van der Waals surface area contributed by atoms with Crippen LogP contribution in [0.2, 0.25) is 0 Å². The molecule has 1 aromatic rings. The van der Waals surface area contributed by atoms with Crippen LogP contribution < -0.4 is 11.2 Å². The Morgan fingerprint density at radius 1 is 1.28 bits per heavy atom. The van der Waals surface area contributed by atoms with Crippen molar-refractivity contribution in [1.29, 1.82) is 5.26 Å².